The third kappa shape index (κ3) is 7.79. The van der Waals surface area contributed by atoms with Gasteiger partial charge in [-0.05, 0) is 54.1 Å². The summed E-state index contributed by atoms with van der Waals surface area (Å²) < 4.78 is 1.05. The molecule has 1 aromatic rings. The first-order valence-corrected chi connectivity index (χ1v) is 7.96. The topological polar surface area (TPSA) is 70.6 Å². The third-order valence-electron chi connectivity index (χ3n) is 2.65. The molecular formula is C15H20IN3O2. The average Bonchev–Trinajstić information content (AvgIpc) is 2.42. The number of rotatable bonds is 7. The largest absolute Gasteiger partial charge is 0.326 e. The van der Waals surface area contributed by atoms with Gasteiger partial charge >= 0.3 is 0 Å². The van der Waals surface area contributed by atoms with Crippen molar-refractivity contribution in [1.82, 2.24) is 5.43 Å². The van der Waals surface area contributed by atoms with Crippen molar-refractivity contribution in [2.45, 2.75) is 39.5 Å². The van der Waals surface area contributed by atoms with E-state index < -0.39 is 0 Å². The Labute approximate surface area is 138 Å². The van der Waals surface area contributed by atoms with Gasteiger partial charge in [-0.25, -0.2) is 5.43 Å². The Morgan fingerprint density at radius 3 is 2.71 bits per heavy atom. The molecule has 0 saturated heterocycles. The molecule has 0 aliphatic heterocycles. The number of nitrogens with zero attached hydrogens (tertiary/aromatic N) is 1. The zero-order valence-corrected chi connectivity index (χ0v) is 14.4. The first kappa shape index (κ1) is 17.6. The van der Waals surface area contributed by atoms with Crippen molar-refractivity contribution in [2.75, 3.05) is 5.32 Å². The Morgan fingerprint density at radius 1 is 1.29 bits per heavy atom. The molecule has 2 N–H and O–H groups in total. The highest BCUT2D eigenvalue weighted by atomic mass is 127. The van der Waals surface area contributed by atoms with E-state index >= 15 is 0 Å². The molecule has 1 rings (SSSR count). The fraction of sp³-hybridized carbons (Fsp3) is 0.400. The standard InChI is InChI=1S/C15H20IN3O2/c1-3-4-8-14(20)19-18-11(2)9-15(21)17-13-7-5-6-12(16)10-13/h5-7,10H,3-4,8-9H2,1-2H3,(H,17,21)(H,19,20)/b18-11-. The summed E-state index contributed by atoms with van der Waals surface area (Å²) in [6.07, 6.45) is 2.42. The van der Waals surface area contributed by atoms with E-state index in [0.29, 0.717) is 12.1 Å². The number of hydrogen-bond donors (Lipinski definition) is 2. The average molecular weight is 401 g/mol. The number of nitrogens with one attached hydrogen (secondary N) is 2. The molecule has 0 bridgehead atoms. The van der Waals surface area contributed by atoms with Gasteiger partial charge in [-0.15, -0.1) is 0 Å². The number of carbonyl (C=O) groups excluding carboxylic acids is 2. The normalized spacial score (nSPS) is 11.1. The first-order chi connectivity index (χ1) is 10.0. The smallest absolute Gasteiger partial charge is 0.240 e. The van der Waals surface area contributed by atoms with Crippen LogP contribution in [0.25, 0.3) is 0 Å². The molecular weight excluding hydrogens is 381 g/mol. The Balaban J connectivity index is 2.41. The number of benzene rings is 1. The maximum Gasteiger partial charge on any atom is 0.240 e. The molecule has 0 unspecified atom stereocenters. The SMILES string of the molecule is CCCCC(=O)N/N=C(/C)CC(=O)Nc1cccc(I)c1. The highest BCUT2D eigenvalue weighted by Crippen LogP contribution is 2.12. The van der Waals surface area contributed by atoms with Crippen LogP contribution in [0.4, 0.5) is 5.69 Å². The van der Waals surface area contributed by atoms with Crippen LogP contribution in [0.3, 0.4) is 0 Å². The second-order valence-electron chi connectivity index (χ2n) is 4.72. The Hall–Kier alpha value is -1.44. The summed E-state index contributed by atoms with van der Waals surface area (Å²) in [4.78, 5) is 23.2. The molecule has 0 fully saturated rings. The van der Waals surface area contributed by atoms with E-state index in [0.717, 1.165) is 22.1 Å². The number of halogens is 1. The summed E-state index contributed by atoms with van der Waals surface area (Å²) in [7, 11) is 0. The van der Waals surface area contributed by atoms with Crippen molar-refractivity contribution >= 4 is 45.8 Å². The van der Waals surface area contributed by atoms with Crippen molar-refractivity contribution in [2.24, 2.45) is 5.10 Å². The van der Waals surface area contributed by atoms with E-state index in [4.69, 9.17) is 0 Å². The Bertz CT molecular complexity index is 529. The summed E-state index contributed by atoms with van der Waals surface area (Å²) in [5.74, 6) is -0.268. The maximum absolute atomic E-state index is 11.8. The minimum atomic E-state index is -0.152. The highest BCUT2D eigenvalue weighted by molar-refractivity contribution is 14.1. The van der Waals surface area contributed by atoms with E-state index in [-0.39, 0.29) is 18.2 Å². The summed E-state index contributed by atoms with van der Waals surface area (Å²) in [6, 6.07) is 7.55. The van der Waals surface area contributed by atoms with Gasteiger partial charge in [0.15, 0.2) is 0 Å². The van der Waals surface area contributed by atoms with Crippen LogP contribution in [-0.4, -0.2) is 17.5 Å². The Morgan fingerprint density at radius 2 is 2.05 bits per heavy atom. The van der Waals surface area contributed by atoms with Gasteiger partial charge < -0.3 is 5.32 Å². The lowest BCUT2D eigenvalue weighted by Crippen LogP contribution is -2.21. The van der Waals surface area contributed by atoms with Crippen LogP contribution < -0.4 is 10.7 Å². The number of unbranched alkanes of at least 4 members (excludes halogenated alkanes) is 1. The van der Waals surface area contributed by atoms with Crippen molar-refractivity contribution in [3.8, 4) is 0 Å². The van der Waals surface area contributed by atoms with Crippen LogP contribution in [0.5, 0.6) is 0 Å². The summed E-state index contributed by atoms with van der Waals surface area (Å²) in [5.41, 5.74) is 3.79. The van der Waals surface area contributed by atoms with Gasteiger partial charge in [0, 0.05) is 21.4 Å². The van der Waals surface area contributed by atoms with Crippen LogP contribution in [0.2, 0.25) is 0 Å². The maximum atomic E-state index is 11.8. The zero-order chi connectivity index (χ0) is 15.7. The molecule has 21 heavy (non-hydrogen) atoms. The predicted octanol–water partition coefficient (Wildman–Crippen LogP) is 3.30. The summed E-state index contributed by atoms with van der Waals surface area (Å²) in [5, 5.41) is 6.73. The van der Waals surface area contributed by atoms with Crippen molar-refractivity contribution in [1.29, 1.82) is 0 Å². The van der Waals surface area contributed by atoms with Gasteiger partial charge in [-0.2, -0.15) is 5.10 Å². The molecule has 0 spiro atoms. The lowest BCUT2D eigenvalue weighted by atomic mass is 10.2. The van der Waals surface area contributed by atoms with Crippen LogP contribution >= 0.6 is 22.6 Å². The molecule has 0 aromatic heterocycles. The van der Waals surface area contributed by atoms with Gasteiger partial charge in [-0.1, -0.05) is 19.4 Å². The fourth-order valence-electron chi connectivity index (χ4n) is 1.59. The molecule has 2 amide bonds. The molecule has 0 atom stereocenters. The highest BCUT2D eigenvalue weighted by Gasteiger charge is 2.05. The Kier molecular flexibility index (Phi) is 7.96. The van der Waals surface area contributed by atoms with E-state index in [1.165, 1.54) is 0 Å². The van der Waals surface area contributed by atoms with Gasteiger partial charge in [-0.3, -0.25) is 9.59 Å². The van der Waals surface area contributed by atoms with E-state index in [9.17, 15) is 9.59 Å². The molecule has 0 saturated carbocycles. The first-order valence-electron chi connectivity index (χ1n) is 6.88. The molecule has 6 heteroatoms. The number of anilines is 1. The number of carbonyl (C=O) groups is 2. The van der Waals surface area contributed by atoms with Gasteiger partial charge in [0.2, 0.25) is 11.8 Å². The number of hydrogen-bond acceptors (Lipinski definition) is 3. The van der Waals surface area contributed by atoms with Gasteiger partial charge in [0.05, 0.1) is 6.42 Å². The van der Waals surface area contributed by atoms with Crippen LogP contribution in [0.15, 0.2) is 29.4 Å². The van der Waals surface area contributed by atoms with Crippen molar-refractivity contribution < 1.29 is 9.59 Å². The number of hydrazone groups is 1. The molecule has 114 valence electrons. The zero-order valence-electron chi connectivity index (χ0n) is 12.3. The summed E-state index contributed by atoms with van der Waals surface area (Å²) >= 11 is 2.19. The molecule has 0 heterocycles. The molecule has 5 nitrogen and oxygen atoms in total. The van der Waals surface area contributed by atoms with Gasteiger partial charge in [0.25, 0.3) is 0 Å². The van der Waals surface area contributed by atoms with Gasteiger partial charge in [0.1, 0.15) is 0 Å². The van der Waals surface area contributed by atoms with Crippen molar-refractivity contribution in [3.63, 3.8) is 0 Å². The minimum absolute atomic E-state index is 0.116. The van der Waals surface area contributed by atoms with Crippen LogP contribution in [0.1, 0.15) is 39.5 Å². The minimum Gasteiger partial charge on any atom is -0.326 e. The molecule has 0 aliphatic carbocycles. The molecule has 0 aliphatic rings. The molecule has 1 aromatic carbocycles. The van der Waals surface area contributed by atoms with Crippen molar-refractivity contribution in [3.05, 3.63) is 27.8 Å². The summed E-state index contributed by atoms with van der Waals surface area (Å²) in [6.45, 7) is 3.74. The predicted molar refractivity (Wildman–Crippen MR) is 93.2 cm³/mol. The second-order valence-corrected chi connectivity index (χ2v) is 5.97. The van der Waals surface area contributed by atoms with E-state index in [1.54, 1.807) is 6.92 Å². The lowest BCUT2D eigenvalue weighted by molar-refractivity contribution is -0.121. The van der Waals surface area contributed by atoms with E-state index in [1.807, 2.05) is 31.2 Å². The third-order valence-corrected chi connectivity index (χ3v) is 3.32. The van der Waals surface area contributed by atoms with E-state index in [2.05, 4.69) is 38.4 Å². The fourth-order valence-corrected chi connectivity index (χ4v) is 2.14. The second kappa shape index (κ2) is 9.49. The number of amides is 2. The lowest BCUT2D eigenvalue weighted by Gasteiger charge is -2.06. The van der Waals surface area contributed by atoms with Crippen LogP contribution in [-0.2, 0) is 9.59 Å². The molecule has 0 radical (unpaired) electrons. The van der Waals surface area contributed by atoms with Crippen LogP contribution in [0, 0.1) is 3.57 Å². The monoisotopic (exact) mass is 401 g/mol. The quantitative estimate of drug-likeness (QED) is 0.418.